The third kappa shape index (κ3) is 5.22. The van der Waals surface area contributed by atoms with Crippen molar-refractivity contribution < 1.29 is 23.1 Å². The van der Waals surface area contributed by atoms with Gasteiger partial charge < -0.3 is 15.7 Å². The summed E-state index contributed by atoms with van der Waals surface area (Å²) >= 11 is 0. The number of hydrogen-bond donors (Lipinski definition) is 3. The average Bonchev–Trinajstić information content (AvgIpc) is 2.82. The second kappa shape index (κ2) is 6.56. The summed E-state index contributed by atoms with van der Waals surface area (Å²) in [5.41, 5.74) is -0.493. The Hall–Kier alpha value is -1.76. The van der Waals surface area contributed by atoms with Gasteiger partial charge >= 0.3 is 12.2 Å². The van der Waals surface area contributed by atoms with Gasteiger partial charge in [0.2, 0.25) is 0 Å². The standard InChI is InChI=1S/C15H19F3N2O2/c16-15(17,18)9-11-4-3-5-12(8-11)20-13(21)19-10-14(22)6-1-2-7-14/h3-5,8,22H,1-2,6-7,9-10H2,(H2,19,20,21). The highest BCUT2D eigenvalue weighted by molar-refractivity contribution is 5.89. The Bertz CT molecular complexity index is 526. The van der Waals surface area contributed by atoms with Crippen molar-refractivity contribution in [2.75, 3.05) is 11.9 Å². The Labute approximate surface area is 126 Å². The van der Waals surface area contributed by atoms with E-state index in [1.54, 1.807) is 0 Å². The molecule has 122 valence electrons. The van der Waals surface area contributed by atoms with E-state index < -0.39 is 24.2 Å². The van der Waals surface area contributed by atoms with Gasteiger partial charge in [-0.05, 0) is 30.5 Å². The van der Waals surface area contributed by atoms with Gasteiger partial charge in [-0.3, -0.25) is 0 Å². The van der Waals surface area contributed by atoms with Crippen molar-refractivity contribution in [1.82, 2.24) is 5.32 Å². The van der Waals surface area contributed by atoms with Crippen LogP contribution in [-0.4, -0.2) is 29.5 Å². The number of anilines is 1. The summed E-state index contributed by atoms with van der Waals surface area (Å²) in [5.74, 6) is 0. The summed E-state index contributed by atoms with van der Waals surface area (Å²) in [7, 11) is 0. The summed E-state index contributed by atoms with van der Waals surface area (Å²) in [4.78, 5) is 11.8. The highest BCUT2D eigenvalue weighted by atomic mass is 19.4. The molecule has 0 radical (unpaired) electrons. The van der Waals surface area contributed by atoms with Crippen LogP contribution in [0.5, 0.6) is 0 Å². The van der Waals surface area contributed by atoms with E-state index in [-0.39, 0.29) is 17.8 Å². The zero-order valence-corrected chi connectivity index (χ0v) is 12.0. The number of alkyl halides is 3. The number of carbonyl (C=O) groups is 1. The Morgan fingerprint density at radius 3 is 2.59 bits per heavy atom. The van der Waals surface area contributed by atoms with Crippen LogP contribution in [0.25, 0.3) is 0 Å². The van der Waals surface area contributed by atoms with Crippen LogP contribution in [0.15, 0.2) is 24.3 Å². The lowest BCUT2D eigenvalue weighted by atomic mass is 10.0. The number of rotatable bonds is 4. The molecule has 0 heterocycles. The molecule has 1 aliphatic carbocycles. The van der Waals surface area contributed by atoms with Gasteiger partial charge in [0.1, 0.15) is 0 Å². The van der Waals surface area contributed by atoms with E-state index in [0.29, 0.717) is 12.8 Å². The van der Waals surface area contributed by atoms with Crippen molar-refractivity contribution in [2.45, 2.75) is 43.9 Å². The summed E-state index contributed by atoms with van der Waals surface area (Å²) in [6.45, 7) is 0.140. The molecule has 0 unspecified atom stereocenters. The SMILES string of the molecule is O=C(NCC1(O)CCCC1)Nc1cccc(CC(F)(F)F)c1. The van der Waals surface area contributed by atoms with Crippen LogP contribution in [0.1, 0.15) is 31.2 Å². The number of urea groups is 1. The van der Waals surface area contributed by atoms with Gasteiger partial charge in [0, 0.05) is 12.2 Å². The van der Waals surface area contributed by atoms with Gasteiger partial charge in [0.25, 0.3) is 0 Å². The largest absolute Gasteiger partial charge is 0.393 e. The van der Waals surface area contributed by atoms with Crippen LogP contribution >= 0.6 is 0 Å². The quantitative estimate of drug-likeness (QED) is 0.799. The predicted octanol–water partition coefficient (Wildman–Crippen LogP) is 3.22. The molecule has 2 amide bonds. The fourth-order valence-corrected chi connectivity index (χ4v) is 2.62. The zero-order valence-electron chi connectivity index (χ0n) is 12.0. The predicted molar refractivity (Wildman–Crippen MR) is 76.6 cm³/mol. The van der Waals surface area contributed by atoms with Gasteiger partial charge in [-0.1, -0.05) is 25.0 Å². The average molecular weight is 316 g/mol. The Morgan fingerprint density at radius 1 is 1.27 bits per heavy atom. The third-order valence-electron chi connectivity index (χ3n) is 3.70. The minimum absolute atomic E-state index is 0.0831. The second-order valence-corrected chi connectivity index (χ2v) is 5.73. The molecule has 7 heteroatoms. The number of amides is 2. The number of halogens is 3. The van der Waals surface area contributed by atoms with Crippen molar-refractivity contribution in [3.63, 3.8) is 0 Å². The first-order valence-electron chi connectivity index (χ1n) is 7.19. The number of nitrogens with one attached hydrogen (secondary N) is 2. The van der Waals surface area contributed by atoms with Crippen LogP contribution in [-0.2, 0) is 6.42 Å². The molecule has 0 bridgehead atoms. The van der Waals surface area contributed by atoms with Gasteiger partial charge in [0.15, 0.2) is 0 Å². The molecular formula is C15H19F3N2O2. The summed E-state index contributed by atoms with van der Waals surface area (Å²) in [6.07, 6.45) is -2.17. The molecule has 0 saturated heterocycles. The molecule has 0 aromatic heterocycles. The Morgan fingerprint density at radius 2 is 1.95 bits per heavy atom. The van der Waals surface area contributed by atoms with Crippen molar-refractivity contribution in [3.8, 4) is 0 Å². The fraction of sp³-hybridized carbons (Fsp3) is 0.533. The third-order valence-corrected chi connectivity index (χ3v) is 3.70. The summed E-state index contributed by atoms with van der Waals surface area (Å²) < 4.78 is 37.0. The van der Waals surface area contributed by atoms with E-state index in [1.165, 1.54) is 24.3 Å². The maximum Gasteiger partial charge on any atom is 0.393 e. The summed E-state index contributed by atoms with van der Waals surface area (Å²) in [6, 6.07) is 5.09. The van der Waals surface area contributed by atoms with Crippen molar-refractivity contribution >= 4 is 11.7 Å². The van der Waals surface area contributed by atoms with Gasteiger partial charge in [-0.15, -0.1) is 0 Å². The van der Waals surface area contributed by atoms with Crippen molar-refractivity contribution in [3.05, 3.63) is 29.8 Å². The van der Waals surface area contributed by atoms with E-state index in [9.17, 15) is 23.1 Å². The van der Waals surface area contributed by atoms with E-state index in [1.807, 2.05) is 0 Å². The smallest absolute Gasteiger partial charge is 0.388 e. The lowest BCUT2D eigenvalue weighted by Gasteiger charge is -2.22. The molecule has 1 aliphatic rings. The molecule has 0 aliphatic heterocycles. The number of aliphatic hydroxyl groups is 1. The Balaban J connectivity index is 1.87. The van der Waals surface area contributed by atoms with E-state index in [2.05, 4.69) is 10.6 Å². The molecule has 1 saturated carbocycles. The molecule has 2 rings (SSSR count). The molecule has 3 N–H and O–H groups in total. The van der Waals surface area contributed by atoms with E-state index in [0.717, 1.165) is 12.8 Å². The lowest BCUT2D eigenvalue weighted by Crippen LogP contribution is -2.42. The van der Waals surface area contributed by atoms with E-state index in [4.69, 9.17) is 0 Å². The summed E-state index contributed by atoms with van der Waals surface area (Å²) in [5, 5.41) is 15.2. The van der Waals surface area contributed by atoms with Gasteiger partial charge in [-0.25, -0.2) is 4.79 Å². The van der Waals surface area contributed by atoms with Crippen LogP contribution in [0, 0.1) is 0 Å². The van der Waals surface area contributed by atoms with Gasteiger partial charge in [-0.2, -0.15) is 13.2 Å². The maximum atomic E-state index is 12.3. The molecule has 1 fully saturated rings. The first-order valence-corrected chi connectivity index (χ1v) is 7.19. The fourth-order valence-electron chi connectivity index (χ4n) is 2.62. The normalized spacial score (nSPS) is 17.3. The monoisotopic (exact) mass is 316 g/mol. The highest BCUT2D eigenvalue weighted by Crippen LogP contribution is 2.28. The Kier molecular flexibility index (Phi) is 4.95. The molecule has 0 atom stereocenters. The minimum Gasteiger partial charge on any atom is -0.388 e. The van der Waals surface area contributed by atoms with Crippen LogP contribution in [0.3, 0.4) is 0 Å². The van der Waals surface area contributed by atoms with Crippen LogP contribution in [0.4, 0.5) is 23.7 Å². The van der Waals surface area contributed by atoms with Crippen LogP contribution in [0.2, 0.25) is 0 Å². The highest BCUT2D eigenvalue weighted by Gasteiger charge is 2.31. The molecule has 1 aromatic carbocycles. The van der Waals surface area contributed by atoms with Crippen molar-refractivity contribution in [2.24, 2.45) is 0 Å². The zero-order chi connectivity index (χ0) is 16.2. The van der Waals surface area contributed by atoms with E-state index >= 15 is 0 Å². The van der Waals surface area contributed by atoms with Crippen molar-refractivity contribution in [1.29, 1.82) is 0 Å². The molecule has 22 heavy (non-hydrogen) atoms. The number of benzene rings is 1. The molecule has 0 spiro atoms. The first kappa shape index (κ1) is 16.6. The number of hydrogen-bond acceptors (Lipinski definition) is 2. The minimum atomic E-state index is -4.29. The molecular weight excluding hydrogens is 297 g/mol. The number of carbonyl (C=O) groups excluding carboxylic acids is 1. The second-order valence-electron chi connectivity index (χ2n) is 5.73. The molecule has 1 aromatic rings. The molecule has 4 nitrogen and oxygen atoms in total. The lowest BCUT2D eigenvalue weighted by molar-refractivity contribution is -0.127. The maximum absolute atomic E-state index is 12.3. The van der Waals surface area contributed by atoms with Crippen LogP contribution < -0.4 is 10.6 Å². The first-order chi connectivity index (χ1) is 10.3. The van der Waals surface area contributed by atoms with Gasteiger partial charge in [0.05, 0.1) is 12.0 Å². The topological polar surface area (TPSA) is 61.4 Å².